The van der Waals surface area contributed by atoms with Crippen LogP contribution in [0.1, 0.15) is 6.42 Å². The lowest BCUT2D eigenvalue weighted by atomic mass is 10.2. The van der Waals surface area contributed by atoms with Crippen molar-refractivity contribution < 1.29 is 4.79 Å². The van der Waals surface area contributed by atoms with Gasteiger partial charge in [-0.2, -0.15) is 4.37 Å². The molecule has 1 unspecified atom stereocenters. The molecule has 0 saturated heterocycles. The lowest BCUT2D eigenvalue weighted by Crippen LogP contribution is -2.39. The summed E-state index contributed by atoms with van der Waals surface area (Å²) >= 11 is 2.94. The van der Waals surface area contributed by atoms with E-state index in [4.69, 9.17) is 5.73 Å². The van der Waals surface area contributed by atoms with Crippen molar-refractivity contribution in [2.75, 3.05) is 12.8 Å². The van der Waals surface area contributed by atoms with Crippen molar-refractivity contribution in [3.63, 3.8) is 0 Å². The molecule has 0 aliphatic heterocycles. The molecule has 1 amide bonds. The Bertz CT molecular complexity index is 277. The molecule has 5 nitrogen and oxygen atoms in total. The minimum absolute atomic E-state index is 0.254. The van der Waals surface area contributed by atoms with E-state index in [1.807, 2.05) is 0 Å². The maximum Gasteiger partial charge on any atom is 0.234 e. The lowest BCUT2D eigenvalue weighted by Gasteiger charge is -2.10. The molecule has 0 aliphatic rings. The van der Waals surface area contributed by atoms with E-state index in [-0.39, 0.29) is 11.9 Å². The zero-order valence-corrected chi connectivity index (χ0v) is 9.40. The quantitative estimate of drug-likeness (QED) is 0.680. The van der Waals surface area contributed by atoms with Gasteiger partial charge >= 0.3 is 0 Å². The van der Waals surface area contributed by atoms with Crippen LogP contribution in [0.25, 0.3) is 0 Å². The van der Waals surface area contributed by atoms with E-state index in [1.54, 1.807) is 18.8 Å². The number of rotatable bonds is 6. The van der Waals surface area contributed by atoms with E-state index in [1.165, 1.54) is 17.9 Å². The molecule has 1 aromatic heterocycles. The number of nitrogens with one attached hydrogen (secondary N) is 1. The van der Waals surface area contributed by atoms with Crippen LogP contribution in [0.5, 0.6) is 0 Å². The molecule has 1 rings (SSSR count). The molecule has 0 spiro atoms. The standard InChI is InChI=1S/C7H12N4OS2/c1-9-5(6(8)12)2-3-13-7-10-4-11-14-7/h4-5,9H,2-3H2,1H3,(H2,8,12). The third-order valence-corrected chi connectivity index (χ3v) is 3.50. The zero-order valence-electron chi connectivity index (χ0n) is 7.77. The van der Waals surface area contributed by atoms with Crippen molar-refractivity contribution in [3.8, 4) is 0 Å². The van der Waals surface area contributed by atoms with Gasteiger partial charge in [0.2, 0.25) is 5.91 Å². The van der Waals surface area contributed by atoms with Gasteiger partial charge < -0.3 is 11.1 Å². The number of nitrogens with two attached hydrogens (primary N) is 1. The second-order valence-electron chi connectivity index (χ2n) is 2.59. The van der Waals surface area contributed by atoms with Crippen LogP contribution in [0.2, 0.25) is 0 Å². The van der Waals surface area contributed by atoms with Crippen LogP contribution >= 0.6 is 23.3 Å². The molecule has 14 heavy (non-hydrogen) atoms. The van der Waals surface area contributed by atoms with Gasteiger partial charge in [0, 0.05) is 5.75 Å². The number of nitrogens with zero attached hydrogens (tertiary/aromatic N) is 2. The Kier molecular flexibility index (Phi) is 4.85. The fraction of sp³-hybridized carbons (Fsp3) is 0.571. The smallest absolute Gasteiger partial charge is 0.234 e. The molecule has 7 heteroatoms. The largest absolute Gasteiger partial charge is 0.368 e. The van der Waals surface area contributed by atoms with Gasteiger partial charge in [-0.3, -0.25) is 4.79 Å². The fourth-order valence-electron chi connectivity index (χ4n) is 0.920. The lowest BCUT2D eigenvalue weighted by molar-refractivity contribution is -0.119. The average molecular weight is 232 g/mol. The van der Waals surface area contributed by atoms with Gasteiger partial charge in [-0.1, -0.05) is 11.8 Å². The monoisotopic (exact) mass is 232 g/mol. The van der Waals surface area contributed by atoms with Gasteiger partial charge in [0.25, 0.3) is 0 Å². The van der Waals surface area contributed by atoms with Crippen molar-refractivity contribution in [1.82, 2.24) is 14.7 Å². The number of primary amides is 1. The molecule has 1 heterocycles. The van der Waals surface area contributed by atoms with Gasteiger partial charge in [0.15, 0.2) is 4.34 Å². The molecular weight excluding hydrogens is 220 g/mol. The first kappa shape index (κ1) is 11.4. The van der Waals surface area contributed by atoms with E-state index in [2.05, 4.69) is 14.7 Å². The number of aromatic nitrogens is 2. The highest BCUT2D eigenvalue weighted by molar-refractivity contribution is 8.00. The van der Waals surface area contributed by atoms with Crippen LogP contribution < -0.4 is 11.1 Å². The highest BCUT2D eigenvalue weighted by atomic mass is 32.2. The van der Waals surface area contributed by atoms with Crippen molar-refractivity contribution >= 4 is 29.2 Å². The first-order chi connectivity index (χ1) is 6.74. The summed E-state index contributed by atoms with van der Waals surface area (Å²) in [6, 6.07) is -0.254. The Morgan fingerprint density at radius 3 is 3.14 bits per heavy atom. The number of carbonyl (C=O) groups is 1. The van der Waals surface area contributed by atoms with Gasteiger partial charge in [-0.25, -0.2) is 4.98 Å². The highest BCUT2D eigenvalue weighted by Gasteiger charge is 2.12. The number of hydrogen-bond donors (Lipinski definition) is 2. The molecule has 0 radical (unpaired) electrons. The van der Waals surface area contributed by atoms with E-state index in [0.717, 1.165) is 10.1 Å². The summed E-state index contributed by atoms with van der Waals surface area (Å²) in [6.45, 7) is 0. The van der Waals surface area contributed by atoms with Gasteiger partial charge in [0.1, 0.15) is 6.33 Å². The number of carbonyl (C=O) groups excluding carboxylic acids is 1. The Balaban J connectivity index is 2.23. The summed E-state index contributed by atoms with van der Waals surface area (Å²) in [5.41, 5.74) is 5.17. The predicted molar refractivity (Wildman–Crippen MR) is 57.3 cm³/mol. The maximum absolute atomic E-state index is 10.8. The van der Waals surface area contributed by atoms with Gasteiger partial charge in [0.05, 0.1) is 6.04 Å². The number of likely N-dealkylation sites (N-methyl/N-ethyl adjacent to an activating group) is 1. The van der Waals surface area contributed by atoms with Crippen LogP contribution in [0.3, 0.4) is 0 Å². The molecule has 1 atom stereocenters. The number of amides is 1. The second-order valence-corrected chi connectivity index (χ2v) is 4.71. The number of thioether (sulfide) groups is 1. The second kappa shape index (κ2) is 5.94. The Morgan fingerprint density at radius 1 is 1.86 bits per heavy atom. The molecule has 0 saturated carbocycles. The highest BCUT2D eigenvalue weighted by Crippen LogP contribution is 2.19. The summed E-state index contributed by atoms with van der Waals surface area (Å²) in [5, 5.41) is 2.86. The fourth-order valence-corrected chi connectivity index (χ4v) is 2.44. The van der Waals surface area contributed by atoms with E-state index < -0.39 is 0 Å². The topological polar surface area (TPSA) is 80.9 Å². The van der Waals surface area contributed by atoms with Crippen molar-refractivity contribution in [3.05, 3.63) is 6.33 Å². The van der Waals surface area contributed by atoms with Crippen molar-refractivity contribution in [1.29, 1.82) is 0 Å². The van der Waals surface area contributed by atoms with Crippen LogP contribution in [-0.4, -0.2) is 34.1 Å². The predicted octanol–water partition coefficient (Wildman–Crippen LogP) is 0.0936. The molecule has 3 N–H and O–H groups in total. The molecule has 0 bridgehead atoms. The molecule has 78 valence electrons. The third-order valence-electron chi connectivity index (χ3n) is 1.67. The average Bonchev–Trinajstić information content (AvgIpc) is 2.64. The minimum atomic E-state index is -0.314. The van der Waals surface area contributed by atoms with Crippen LogP contribution in [-0.2, 0) is 4.79 Å². The summed E-state index contributed by atoms with van der Waals surface area (Å²) in [7, 11) is 1.73. The maximum atomic E-state index is 10.8. The SMILES string of the molecule is CNC(CCSc1ncns1)C(N)=O. The van der Waals surface area contributed by atoms with Crippen LogP contribution in [0, 0.1) is 0 Å². The van der Waals surface area contributed by atoms with Crippen LogP contribution in [0.4, 0.5) is 0 Å². The molecule has 0 aliphatic carbocycles. The van der Waals surface area contributed by atoms with Crippen molar-refractivity contribution in [2.45, 2.75) is 16.8 Å². The first-order valence-corrected chi connectivity index (χ1v) is 5.86. The Hall–Kier alpha value is -0.660. The normalized spacial score (nSPS) is 12.6. The molecule has 0 fully saturated rings. The molecular formula is C7H12N4OS2. The summed E-state index contributed by atoms with van der Waals surface area (Å²) < 4.78 is 4.80. The van der Waals surface area contributed by atoms with Gasteiger partial charge in [-0.15, -0.1) is 0 Å². The molecule has 1 aromatic rings. The summed E-state index contributed by atoms with van der Waals surface area (Å²) in [4.78, 5) is 14.9. The van der Waals surface area contributed by atoms with E-state index in [9.17, 15) is 4.79 Å². The summed E-state index contributed by atoms with van der Waals surface area (Å²) in [5.74, 6) is 0.495. The summed E-state index contributed by atoms with van der Waals surface area (Å²) in [6.07, 6.45) is 2.23. The Labute approximate surface area is 90.7 Å². The first-order valence-electron chi connectivity index (χ1n) is 4.10. The minimum Gasteiger partial charge on any atom is -0.368 e. The molecule has 0 aromatic carbocycles. The van der Waals surface area contributed by atoms with E-state index >= 15 is 0 Å². The van der Waals surface area contributed by atoms with Crippen LogP contribution in [0.15, 0.2) is 10.7 Å². The Morgan fingerprint density at radius 2 is 2.64 bits per heavy atom. The van der Waals surface area contributed by atoms with Crippen molar-refractivity contribution in [2.24, 2.45) is 5.73 Å². The van der Waals surface area contributed by atoms with E-state index in [0.29, 0.717) is 6.42 Å². The number of hydrogen-bond acceptors (Lipinski definition) is 6. The van der Waals surface area contributed by atoms with Gasteiger partial charge in [-0.05, 0) is 25.0 Å². The zero-order chi connectivity index (χ0) is 10.4. The third kappa shape index (κ3) is 3.60.